The Morgan fingerprint density at radius 3 is 2.72 bits per heavy atom. The average Bonchev–Trinajstić information content (AvgIpc) is 2.42. The van der Waals surface area contributed by atoms with Gasteiger partial charge in [-0.05, 0) is 25.3 Å². The number of esters is 1. The predicted octanol–water partition coefficient (Wildman–Crippen LogP) is 2.26. The van der Waals surface area contributed by atoms with E-state index in [-0.39, 0.29) is 5.97 Å². The molecular formula is C14H21NO3. The van der Waals surface area contributed by atoms with Crippen molar-refractivity contribution in [2.75, 3.05) is 13.7 Å². The van der Waals surface area contributed by atoms with Crippen molar-refractivity contribution in [2.45, 2.75) is 32.2 Å². The lowest BCUT2D eigenvalue weighted by Crippen LogP contribution is -2.04. The molecular weight excluding hydrogens is 230 g/mol. The van der Waals surface area contributed by atoms with Gasteiger partial charge in [-0.15, -0.1) is 0 Å². The number of methoxy groups -OCH3 is 1. The van der Waals surface area contributed by atoms with Crippen LogP contribution in [0.1, 0.15) is 31.2 Å². The Morgan fingerprint density at radius 1 is 1.22 bits per heavy atom. The Labute approximate surface area is 108 Å². The molecule has 1 aromatic carbocycles. The monoisotopic (exact) mass is 251 g/mol. The number of carbonyl (C=O) groups excluding carboxylic acids is 1. The summed E-state index contributed by atoms with van der Waals surface area (Å²) in [6.07, 6.45) is 3.21. The maximum atomic E-state index is 10.9. The van der Waals surface area contributed by atoms with Crippen LogP contribution in [0.25, 0.3) is 0 Å². The number of nitrogens with two attached hydrogens (primary N) is 1. The van der Waals surface area contributed by atoms with Gasteiger partial charge in [-0.2, -0.15) is 0 Å². The Kier molecular flexibility index (Phi) is 6.87. The molecule has 0 fully saturated rings. The summed E-state index contributed by atoms with van der Waals surface area (Å²) in [7, 11) is 1.41. The van der Waals surface area contributed by atoms with Crippen molar-refractivity contribution < 1.29 is 14.3 Å². The summed E-state index contributed by atoms with van der Waals surface area (Å²) in [5.74, 6) is 0.706. The smallest absolute Gasteiger partial charge is 0.305 e. The predicted molar refractivity (Wildman–Crippen MR) is 70.3 cm³/mol. The number of carbonyl (C=O) groups is 1. The Balaban J connectivity index is 2.16. The second-order valence-corrected chi connectivity index (χ2v) is 4.05. The molecule has 0 atom stereocenters. The third-order valence-electron chi connectivity index (χ3n) is 2.70. The van der Waals surface area contributed by atoms with Crippen molar-refractivity contribution in [2.24, 2.45) is 5.73 Å². The van der Waals surface area contributed by atoms with Crippen LogP contribution >= 0.6 is 0 Å². The molecule has 0 aliphatic heterocycles. The zero-order chi connectivity index (χ0) is 13.2. The van der Waals surface area contributed by atoms with Crippen LogP contribution in [0.2, 0.25) is 0 Å². The van der Waals surface area contributed by atoms with Crippen LogP contribution in [-0.4, -0.2) is 19.7 Å². The van der Waals surface area contributed by atoms with Gasteiger partial charge in [0.05, 0.1) is 13.7 Å². The Hall–Kier alpha value is -1.55. The Bertz CT molecular complexity index is 366. The van der Waals surface area contributed by atoms with E-state index in [0.29, 0.717) is 19.6 Å². The third-order valence-corrected chi connectivity index (χ3v) is 2.70. The van der Waals surface area contributed by atoms with Gasteiger partial charge in [0.25, 0.3) is 0 Å². The number of para-hydroxylation sites is 1. The molecule has 4 nitrogen and oxygen atoms in total. The van der Waals surface area contributed by atoms with E-state index in [1.54, 1.807) is 0 Å². The molecule has 0 aliphatic carbocycles. The van der Waals surface area contributed by atoms with Crippen LogP contribution in [0.4, 0.5) is 0 Å². The summed E-state index contributed by atoms with van der Waals surface area (Å²) in [6.45, 7) is 1.14. The minimum atomic E-state index is -0.149. The molecule has 1 aromatic rings. The fourth-order valence-corrected chi connectivity index (χ4v) is 1.65. The quantitative estimate of drug-likeness (QED) is 0.568. The first-order valence-corrected chi connectivity index (χ1v) is 6.25. The van der Waals surface area contributed by atoms with Gasteiger partial charge >= 0.3 is 5.97 Å². The van der Waals surface area contributed by atoms with Crippen LogP contribution in [0.5, 0.6) is 5.75 Å². The molecule has 18 heavy (non-hydrogen) atoms. The van der Waals surface area contributed by atoms with E-state index in [1.807, 2.05) is 24.3 Å². The number of hydrogen-bond donors (Lipinski definition) is 1. The lowest BCUT2D eigenvalue weighted by Gasteiger charge is -2.09. The maximum Gasteiger partial charge on any atom is 0.305 e. The number of ether oxygens (including phenoxy) is 2. The zero-order valence-corrected chi connectivity index (χ0v) is 10.9. The van der Waals surface area contributed by atoms with Crippen molar-refractivity contribution in [3.05, 3.63) is 29.8 Å². The molecule has 0 saturated carbocycles. The van der Waals surface area contributed by atoms with Gasteiger partial charge in [0.2, 0.25) is 0 Å². The third kappa shape index (κ3) is 5.19. The molecule has 0 radical (unpaired) electrons. The number of unbranched alkanes of at least 4 members (excludes halogenated alkanes) is 2. The fraction of sp³-hybridized carbons (Fsp3) is 0.500. The summed E-state index contributed by atoms with van der Waals surface area (Å²) in [5, 5.41) is 0. The first-order chi connectivity index (χ1) is 8.77. The molecule has 0 unspecified atom stereocenters. The molecule has 0 aliphatic rings. The van der Waals surface area contributed by atoms with E-state index in [0.717, 1.165) is 30.6 Å². The number of hydrogen-bond acceptors (Lipinski definition) is 4. The van der Waals surface area contributed by atoms with E-state index in [4.69, 9.17) is 10.5 Å². The average molecular weight is 251 g/mol. The SMILES string of the molecule is COC(=O)CCCCCOc1ccccc1CN. The maximum absolute atomic E-state index is 10.9. The topological polar surface area (TPSA) is 61.5 Å². The summed E-state index contributed by atoms with van der Waals surface area (Å²) in [4.78, 5) is 10.9. The highest BCUT2D eigenvalue weighted by atomic mass is 16.5. The van der Waals surface area contributed by atoms with Gasteiger partial charge < -0.3 is 15.2 Å². The molecule has 0 bridgehead atoms. The largest absolute Gasteiger partial charge is 0.493 e. The van der Waals surface area contributed by atoms with E-state index >= 15 is 0 Å². The molecule has 100 valence electrons. The van der Waals surface area contributed by atoms with Crippen molar-refractivity contribution in [1.82, 2.24) is 0 Å². The van der Waals surface area contributed by atoms with Gasteiger partial charge in [-0.1, -0.05) is 18.2 Å². The van der Waals surface area contributed by atoms with Crippen LogP contribution in [0.3, 0.4) is 0 Å². The van der Waals surface area contributed by atoms with Crippen LogP contribution < -0.4 is 10.5 Å². The second-order valence-electron chi connectivity index (χ2n) is 4.05. The zero-order valence-electron chi connectivity index (χ0n) is 10.9. The van der Waals surface area contributed by atoms with Crippen molar-refractivity contribution >= 4 is 5.97 Å². The van der Waals surface area contributed by atoms with Crippen molar-refractivity contribution in [3.63, 3.8) is 0 Å². The highest BCUT2D eigenvalue weighted by Gasteiger charge is 2.01. The second kappa shape index (κ2) is 8.53. The Morgan fingerprint density at radius 2 is 2.00 bits per heavy atom. The summed E-state index contributed by atoms with van der Waals surface area (Å²) in [5.41, 5.74) is 6.64. The van der Waals surface area contributed by atoms with Crippen molar-refractivity contribution in [3.8, 4) is 5.75 Å². The van der Waals surface area contributed by atoms with Crippen LogP contribution in [-0.2, 0) is 16.1 Å². The molecule has 0 heterocycles. The normalized spacial score (nSPS) is 10.1. The van der Waals surface area contributed by atoms with Gasteiger partial charge in [0, 0.05) is 18.5 Å². The van der Waals surface area contributed by atoms with E-state index in [2.05, 4.69) is 4.74 Å². The van der Waals surface area contributed by atoms with Gasteiger partial charge in [-0.3, -0.25) is 4.79 Å². The van der Waals surface area contributed by atoms with Crippen molar-refractivity contribution in [1.29, 1.82) is 0 Å². The highest BCUT2D eigenvalue weighted by Crippen LogP contribution is 2.17. The molecule has 0 spiro atoms. The summed E-state index contributed by atoms with van der Waals surface area (Å²) < 4.78 is 10.2. The first kappa shape index (κ1) is 14.5. The fourth-order valence-electron chi connectivity index (χ4n) is 1.65. The number of rotatable bonds is 8. The van der Waals surface area contributed by atoms with Gasteiger partial charge in [-0.25, -0.2) is 0 Å². The van der Waals surface area contributed by atoms with Crippen LogP contribution in [0, 0.1) is 0 Å². The minimum Gasteiger partial charge on any atom is -0.493 e. The van der Waals surface area contributed by atoms with Gasteiger partial charge in [0.15, 0.2) is 0 Å². The first-order valence-electron chi connectivity index (χ1n) is 6.25. The summed E-state index contributed by atoms with van der Waals surface area (Å²) in [6, 6.07) is 7.78. The molecule has 2 N–H and O–H groups in total. The molecule has 0 amide bonds. The van der Waals surface area contributed by atoms with Crippen LogP contribution in [0.15, 0.2) is 24.3 Å². The molecule has 0 aromatic heterocycles. The summed E-state index contributed by atoms with van der Waals surface area (Å²) >= 11 is 0. The molecule has 4 heteroatoms. The van der Waals surface area contributed by atoms with Gasteiger partial charge in [0.1, 0.15) is 5.75 Å². The molecule has 0 saturated heterocycles. The highest BCUT2D eigenvalue weighted by molar-refractivity contribution is 5.68. The van der Waals surface area contributed by atoms with E-state index in [9.17, 15) is 4.79 Å². The number of benzene rings is 1. The standard InChI is InChI=1S/C14H21NO3/c1-17-14(16)9-3-2-6-10-18-13-8-5-4-7-12(13)11-15/h4-5,7-8H,2-3,6,9-11,15H2,1H3. The lowest BCUT2D eigenvalue weighted by atomic mass is 10.2. The van der Waals surface area contributed by atoms with E-state index in [1.165, 1.54) is 7.11 Å². The lowest BCUT2D eigenvalue weighted by molar-refractivity contribution is -0.140. The minimum absolute atomic E-state index is 0.149. The van der Waals surface area contributed by atoms with E-state index < -0.39 is 0 Å². The molecule has 1 rings (SSSR count).